The Morgan fingerprint density at radius 1 is 1.22 bits per heavy atom. The first-order valence-electron chi connectivity index (χ1n) is 3.89. The average Bonchev–Trinajstić information content (AvgIpc) is 2.60. The van der Waals surface area contributed by atoms with Gasteiger partial charge in [-0.3, -0.25) is 0 Å². The smallest absolute Gasteiger partial charge is 0.00993 e. The van der Waals surface area contributed by atoms with Crippen molar-refractivity contribution in [1.82, 2.24) is 0 Å². The van der Waals surface area contributed by atoms with Gasteiger partial charge in [-0.1, -0.05) is 28.7 Å². The highest BCUT2D eigenvalue weighted by Crippen LogP contribution is 2.80. The van der Waals surface area contributed by atoms with Crippen molar-refractivity contribution < 1.29 is 0 Å². The minimum absolute atomic E-state index is 0.615. The van der Waals surface area contributed by atoms with Crippen molar-refractivity contribution in [3.63, 3.8) is 0 Å². The highest BCUT2D eigenvalue weighted by molar-refractivity contribution is 8.25. The van der Waals surface area contributed by atoms with Crippen molar-refractivity contribution >= 4 is 15.9 Å². The topological polar surface area (TPSA) is 0 Å². The Morgan fingerprint density at radius 2 is 1.78 bits per heavy atom. The van der Waals surface area contributed by atoms with E-state index in [1.807, 2.05) is 0 Å². The lowest BCUT2D eigenvalue weighted by atomic mass is 10.0. The first-order valence-corrected chi connectivity index (χ1v) is 7.71. The molecule has 1 saturated carbocycles. The SMILES string of the molecule is CPP1C2CCCCC21. The summed E-state index contributed by atoms with van der Waals surface area (Å²) in [6, 6.07) is 0. The van der Waals surface area contributed by atoms with Crippen molar-refractivity contribution in [2.24, 2.45) is 0 Å². The Hall–Kier alpha value is 0.860. The highest BCUT2D eigenvalue weighted by Gasteiger charge is 2.48. The molecule has 2 aliphatic rings. The van der Waals surface area contributed by atoms with Gasteiger partial charge in [0.15, 0.2) is 0 Å². The predicted molar refractivity (Wildman–Crippen MR) is 47.2 cm³/mol. The standard InChI is InChI=1S/C7H14P2/c1-8-9-6-4-2-3-5-7(6)9/h6-8H,2-5H2,1H3. The van der Waals surface area contributed by atoms with Gasteiger partial charge < -0.3 is 0 Å². The van der Waals surface area contributed by atoms with Crippen molar-refractivity contribution in [2.45, 2.75) is 37.0 Å². The van der Waals surface area contributed by atoms with Gasteiger partial charge in [0, 0.05) is 0 Å². The lowest BCUT2D eigenvalue weighted by Gasteiger charge is -2.04. The third-order valence-electron chi connectivity index (χ3n) is 2.58. The van der Waals surface area contributed by atoms with Gasteiger partial charge in [-0.25, -0.2) is 0 Å². The van der Waals surface area contributed by atoms with Gasteiger partial charge in [-0.15, -0.1) is 0 Å². The molecule has 2 heteroatoms. The molecule has 0 amide bonds. The van der Waals surface area contributed by atoms with Crippen LogP contribution in [0.25, 0.3) is 0 Å². The van der Waals surface area contributed by atoms with Gasteiger partial charge in [-0.2, -0.15) is 0 Å². The van der Waals surface area contributed by atoms with Gasteiger partial charge >= 0.3 is 0 Å². The summed E-state index contributed by atoms with van der Waals surface area (Å²) in [4.78, 5) is 0. The third-order valence-corrected chi connectivity index (χ3v) is 8.95. The van der Waals surface area contributed by atoms with Crippen LogP contribution in [0.3, 0.4) is 0 Å². The van der Waals surface area contributed by atoms with Gasteiger partial charge in [0.2, 0.25) is 0 Å². The minimum atomic E-state index is 0.615. The molecule has 0 aromatic rings. The van der Waals surface area contributed by atoms with E-state index in [9.17, 15) is 0 Å². The Labute approximate surface area is 60.2 Å². The van der Waals surface area contributed by atoms with Gasteiger partial charge in [-0.05, 0) is 30.8 Å². The van der Waals surface area contributed by atoms with E-state index in [1.165, 1.54) is 19.6 Å². The summed E-state index contributed by atoms with van der Waals surface area (Å²) in [5.41, 5.74) is 2.52. The molecule has 1 saturated heterocycles. The molecule has 0 spiro atoms. The van der Waals surface area contributed by atoms with Crippen LogP contribution in [0.5, 0.6) is 0 Å². The molecular weight excluding hydrogens is 146 g/mol. The molecular formula is C7H14P2. The molecule has 1 heterocycles. The summed E-state index contributed by atoms with van der Waals surface area (Å²) in [5.74, 6) is 0. The van der Waals surface area contributed by atoms with Crippen LogP contribution in [-0.4, -0.2) is 18.0 Å². The van der Waals surface area contributed by atoms with E-state index in [0.29, 0.717) is 7.61 Å². The number of rotatable bonds is 1. The molecule has 1 aliphatic heterocycles. The fourth-order valence-corrected chi connectivity index (χ4v) is 8.79. The zero-order valence-corrected chi connectivity index (χ0v) is 7.82. The molecule has 9 heavy (non-hydrogen) atoms. The van der Waals surface area contributed by atoms with Crippen LogP contribution in [0.1, 0.15) is 25.7 Å². The Bertz CT molecular complexity index is 94.7. The molecule has 0 aromatic heterocycles. The number of hydrogen-bond donors (Lipinski definition) is 0. The summed E-state index contributed by atoms with van der Waals surface area (Å²) < 4.78 is 0. The number of fused-ring (bicyclic) bond motifs is 1. The Morgan fingerprint density at radius 3 is 2.22 bits per heavy atom. The molecule has 0 aromatic carbocycles. The fourth-order valence-electron chi connectivity index (χ4n) is 2.04. The summed E-state index contributed by atoms with van der Waals surface area (Å²) in [6.07, 6.45) is 6.28. The van der Waals surface area contributed by atoms with Crippen LogP contribution < -0.4 is 0 Å². The molecule has 3 unspecified atom stereocenters. The summed E-state index contributed by atoms with van der Waals surface area (Å²) in [7, 11) is 1.92. The summed E-state index contributed by atoms with van der Waals surface area (Å²) in [5, 5.41) is 0. The zero-order chi connectivity index (χ0) is 6.27. The summed E-state index contributed by atoms with van der Waals surface area (Å²) in [6.45, 7) is 2.41. The van der Waals surface area contributed by atoms with Crippen LogP contribution in [0.2, 0.25) is 0 Å². The maximum absolute atomic E-state index is 2.41. The normalized spacial score (nSPS) is 49.7. The minimum Gasteiger partial charge on any atom is -0.0986 e. The van der Waals surface area contributed by atoms with Gasteiger partial charge in [0.05, 0.1) is 0 Å². The van der Waals surface area contributed by atoms with Crippen LogP contribution in [0.15, 0.2) is 0 Å². The molecule has 0 nitrogen and oxygen atoms in total. The molecule has 52 valence electrons. The Balaban J connectivity index is 1.91. The Kier molecular flexibility index (Phi) is 1.81. The molecule has 3 atom stereocenters. The van der Waals surface area contributed by atoms with E-state index in [4.69, 9.17) is 0 Å². The van der Waals surface area contributed by atoms with Crippen LogP contribution in [-0.2, 0) is 0 Å². The first-order chi connectivity index (χ1) is 4.43. The van der Waals surface area contributed by atoms with Crippen LogP contribution in [0.4, 0.5) is 0 Å². The second kappa shape index (κ2) is 2.48. The molecule has 0 N–H and O–H groups in total. The van der Waals surface area contributed by atoms with Crippen molar-refractivity contribution in [3.8, 4) is 0 Å². The van der Waals surface area contributed by atoms with E-state index < -0.39 is 0 Å². The quantitative estimate of drug-likeness (QED) is 0.517. The van der Waals surface area contributed by atoms with Gasteiger partial charge in [0.1, 0.15) is 0 Å². The first kappa shape index (κ1) is 6.56. The average molecular weight is 160 g/mol. The predicted octanol–water partition coefficient (Wildman–Crippen LogP) is 3.02. The van der Waals surface area contributed by atoms with E-state index in [1.54, 1.807) is 25.7 Å². The zero-order valence-electron chi connectivity index (χ0n) is 5.93. The van der Waals surface area contributed by atoms with Crippen molar-refractivity contribution in [2.75, 3.05) is 6.66 Å². The maximum Gasteiger partial charge on any atom is -0.00993 e. The van der Waals surface area contributed by atoms with E-state index in [2.05, 4.69) is 6.66 Å². The molecule has 1 aliphatic carbocycles. The summed E-state index contributed by atoms with van der Waals surface area (Å²) >= 11 is 0. The van der Waals surface area contributed by atoms with E-state index in [-0.39, 0.29) is 0 Å². The maximum atomic E-state index is 2.41. The molecule has 0 radical (unpaired) electrons. The second-order valence-corrected chi connectivity index (χ2v) is 8.53. The monoisotopic (exact) mass is 160 g/mol. The molecule has 0 bridgehead atoms. The lowest BCUT2D eigenvalue weighted by molar-refractivity contribution is 0.571. The largest absolute Gasteiger partial charge is 0.0986 e. The van der Waals surface area contributed by atoms with Crippen LogP contribution in [0, 0.1) is 0 Å². The fraction of sp³-hybridized carbons (Fsp3) is 1.00. The lowest BCUT2D eigenvalue weighted by Crippen LogP contribution is -2.00. The second-order valence-electron chi connectivity index (χ2n) is 3.05. The highest BCUT2D eigenvalue weighted by atomic mass is 32.1. The molecule has 2 fully saturated rings. The van der Waals surface area contributed by atoms with Crippen LogP contribution >= 0.6 is 15.9 Å². The third kappa shape index (κ3) is 1.06. The number of hydrogen-bond acceptors (Lipinski definition) is 0. The van der Waals surface area contributed by atoms with E-state index in [0.717, 1.165) is 0 Å². The van der Waals surface area contributed by atoms with Crippen molar-refractivity contribution in [1.29, 1.82) is 0 Å². The molecule has 2 rings (SSSR count). The van der Waals surface area contributed by atoms with Gasteiger partial charge in [0.25, 0.3) is 0 Å². The van der Waals surface area contributed by atoms with Crippen molar-refractivity contribution in [3.05, 3.63) is 0 Å². The van der Waals surface area contributed by atoms with E-state index >= 15 is 0 Å².